The molecule has 4 rings (SSSR count). The highest BCUT2D eigenvalue weighted by Gasteiger charge is 2.46. The Hall–Kier alpha value is -3.28. The van der Waals surface area contributed by atoms with E-state index < -0.39 is 48.8 Å². The second-order valence-electron chi connectivity index (χ2n) is 11.9. The van der Waals surface area contributed by atoms with Crippen LogP contribution < -0.4 is 0 Å². The molecule has 3 nitrogen and oxygen atoms in total. The van der Waals surface area contributed by atoms with Gasteiger partial charge in [-0.3, -0.25) is 0 Å². The predicted molar refractivity (Wildman–Crippen MR) is 169 cm³/mol. The predicted octanol–water partition coefficient (Wildman–Crippen LogP) is 11.7. The zero-order valence-electron chi connectivity index (χ0n) is 26.2. The van der Waals surface area contributed by atoms with Crippen molar-refractivity contribution in [3.63, 3.8) is 0 Å². The van der Waals surface area contributed by atoms with Gasteiger partial charge >= 0.3 is 22.5 Å². The maximum atomic E-state index is 14.4. The normalized spacial score (nSPS) is 13.5. The smallest absolute Gasteiger partial charge is 0.203 e. The molecule has 0 aromatic heterocycles. The second-order valence-corrected chi connectivity index (χ2v) is 16.3. The zero-order chi connectivity index (χ0) is 34.2. The van der Waals surface area contributed by atoms with Crippen LogP contribution in [0, 0.1) is 0 Å². The van der Waals surface area contributed by atoms with Gasteiger partial charge in [0.2, 0.25) is 0 Å². The van der Waals surface area contributed by atoms with Crippen molar-refractivity contribution in [3.05, 3.63) is 119 Å². The van der Waals surface area contributed by atoms with E-state index in [-0.39, 0.29) is 23.8 Å². The van der Waals surface area contributed by atoms with Crippen LogP contribution >= 0.6 is 10.3 Å². The van der Waals surface area contributed by atoms with Crippen molar-refractivity contribution >= 4 is 20.4 Å². The van der Waals surface area contributed by atoms with Crippen molar-refractivity contribution in [1.82, 2.24) is 0 Å². The van der Waals surface area contributed by atoms with Gasteiger partial charge < -0.3 is 0 Å². The van der Waals surface area contributed by atoms with E-state index in [1.54, 1.807) is 60.7 Å². The fraction of sp³-hybridized carbons (Fsp3) is 0.314. The van der Waals surface area contributed by atoms with E-state index in [1.807, 2.05) is 53.7 Å². The average molecular weight is 683 g/mol. The molecule has 0 unspecified atom stereocenters. The quantitative estimate of drug-likeness (QED) is 0.165. The molecule has 0 amide bonds. The summed E-state index contributed by atoms with van der Waals surface area (Å²) in [5.74, 6) is -0.240. The molecule has 0 radical (unpaired) electrons. The molecule has 0 N–H and O–H groups in total. The number of hydrogen-bond acceptors (Lipinski definition) is 3. The number of rotatable bonds is 9. The SMILES string of the molecule is CC(C)c1cc(C(C)C)c(S(OS(=O)(=O)c2ccc(C(F)(F)F)cc2C(F)(F)F)(c2ccccc2)c2ccccc2)c(C(C)C)c1. The molecule has 0 aliphatic heterocycles. The highest BCUT2D eigenvalue weighted by molar-refractivity contribution is 8.33. The Morgan fingerprint density at radius 3 is 1.41 bits per heavy atom. The van der Waals surface area contributed by atoms with Gasteiger partial charge in [0, 0.05) is 14.7 Å². The van der Waals surface area contributed by atoms with E-state index in [1.165, 1.54) is 0 Å². The minimum atomic E-state index is -5.43. The first-order valence-electron chi connectivity index (χ1n) is 14.7. The highest BCUT2D eigenvalue weighted by Crippen LogP contribution is 2.73. The lowest BCUT2D eigenvalue weighted by atomic mass is 9.89. The zero-order valence-corrected chi connectivity index (χ0v) is 27.8. The fourth-order valence-corrected chi connectivity index (χ4v) is 11.3. The minimum Gasteiger partial charge on any atom is -0.203 e. The summed E-state index contributed by atoms with van der Waals surface area (Å²) in [5.41, 5.74) is -1.07. The van der Waals surface area contributed by atoms with Crippen LogP contribution in [-0.2, 0) is 26.1 Å². The first kappa shape index (κ1) is 35.6. The van der Waals surface area contributed by atoms with Crippen molar-refractivity contribution in [1.29, 1.82) is 0 Å². The summed E-state index contributed by atoms with van der Waals surface area (Å²) < 4.78 is 118. The Morgan fingerprint density at radius 1 is 0.587 bits per heavy atom. The summed E-state index contributed by atoms with van der Waals surface area (Å²) in [5, 5.41) is 0. The van der Waals surface area contributed by atoms with Gasteiger partial charge in [0.25, 0.3) is 0 Å². The molecular formula is C35H36F6O3S2. The van der Waals surface area contributed by atoms with E-state index in [2.05, 4.69) is 0 Å². The highest BCUT2D eigenvalue weighted by atomic mass is 32.3. The Balaban J connectivity index is 2.21. The third kappa shape index (κ3) is 7.01. The number of hydrogen-bond donors (Lipinski definition) is 0. The summed E-state index contributed by atoms with van der Waals surface area (Å²) in [6.45, 7) is 11.8. The first-order valence-corrected chi connectivity index (χ1v) is 17.6. The van der Waals surface area contributed by atoms with Crippen LogP contribution in [0.2, 0.25) is 0 Å². The van der Waals surface area contributed by atoms with Crippen molar-refractivity contribution in [2.24, 2.45) is 0 Å². The Kier molecular flexibility index (Phi) is 10.1. The van der Waals surface area contributed by atoms with Crippen LogP contribution in [-0.4, -0.2) is 8.42 Å². The van der Waals surface area contributed by atoms with Crippen LogP contribution in [0.1, 0.15) is 87.1 Å². The number of benzene rings is 4. The van der Waals surface area contributed by atoms with Crippen LogP contribution in [0.5, 0.6) is 0 Å². The molecule has 0 saturated heterocycles. The van der Waals surface area contributed by atoms with Crippen LogP contribution in [0.4, 0.5) is 26.3 Å². The Morgan fingerprint density at radius 2 is 1.04 bits per heavy atom. The Labute approximate surface area is 268 Å². The Bertz CT molecular complexity index is 1710. The second kappa shape index (κ2) is 13.1. The molecule has 4 aromatic carbocycles. The molecule has 4 aromatic rings. The van der Waals surface area contributed by atoms with Gasteiger partial charge in [-0.05, 0) is 87.2 Å². The molecule has 0 aliphatic rings. The maximum absolute atomic E-state index is 14.4. The molecule has 0 aliphatic carbocycles. The summed E-state index contributed by atoms with van der Waals surface area (Å²) in [7, 11) is -8.81. The van der Waals surface area contributed by atoms with E-state index in [0.717, 1.165) is 16.7 Å². The van der Waals surface area contributed by atoms with Gasteiger partial charge in [0.05, 0.1) is 11.1 Å². The third-order valence-corrected chi connectivity index (χ3v) is 12.9. The van der Waals surface area contributed by atoms with Crippen LogP contribution in [0.15, 0.2) is 111 Å². The van der Waals surface area contributed by atoms with Crippen molar-refractivity contribution < 1.29 is 38.4 Å². The summed E-state index contributed by atoms with van der Waals surface area (Å²) in [4.78, 5) is -0.0752. The molecule has 0 atom stereocenters. The van der Waals surface area contributed by atoms with Gasteiger partial charge in [0.1, 0.15) is 4.90 Å². The van der Waals surface area contributed by atoms with E-state index >= 15 is 0 Å². The maximum Gasteiger partial charge on any atom is 0.417 e. The van der Waals surface area contributed by atoms with E-state index in [0.29, 0.717) is 26.8 Å². The van der Waals surface area contributed by atoms with E-state index in [4.69, 9.17) is 3.63 Å². The lowest BCUT2D eigenvalue weighted by Crippen LogP contribution is -2.21. The summed E-state index contributed by atoms with van der Waals surface area (Å²) in [6.07, 6.45) is -10.6. The van der Waals surface area contributed by atoms with Gasteiger partial charge in [-0.2, -0.15) is 34.8 Å². The van der Waals surface area contributed by atoms with Gasteiger partial charge in [-0.25, -0.2) is 3.63 Å². The number of alkyl halides is 6. The van der Waals surface area contributed by atoms with Gasteiger partial charge in [-0.1, -0.05) is 90.1 Å². The molecule has 0 spiro atoms. The van der Waals surface area contributed by atoms with E-state index in [9.17, 15) is 34.8 Å². The minimum absolute atomic E-state index is 0.105. The topological polar surface area (TPSA) is 43.4 Å². The van der Waals surface area contributed by atoms with Crippen molar-refractivity contribution in [2.45, 2.75) is 91.2 Å². The largest absolute Gasteiger partial charge is 0.417 e. The molecule has 0 bridgehead atoms. The van der Waals surface area contributed by atoms with Crippen molar-refractivity contribution in [2.75, 3.05) is 0 Å². The average Bonchev–Trinajstić information content (AvgIpc) is 2.99. The molecule has 248 valence electrons. The monoisotopic (exact) mass is 682 g/mol. The molecule has 0 saturated carbocycles. The summed E-state index contributed by atoms with van der Waals surface area (Å²) >= 11 is 0. The van der Waals surface area contributed by atoms with Gasteiger partial charge in [-0.15, -0.1) is 0 Å². The lowest BCUT2D eigenvalue weighted by molar-refractivity contribution is -0.144. The van der Waals surface area contributed by atoms with Gasteiger partial charge in [0.15, 0.2) is 0 Å². The van der Waals surface area contributed by atoms with Crippen LogP contribution in [0.25, 0.3) is 0 Å². The molecule has 0 heterocycles. The molecule has 46 heavy (non-hydrogen) atoms. The first-order chi connectivity index (χ1) is 21.3. The van der Waals surface area contributed by atoms with Crippen LogP contribution in [0.3, 0.4) is 0 Å². The van der Waals surface area contributed by atoms with Crippen molar-refractivity contribution in [3.8, 4) is 0 Å². The fourth-order valence-electron chi connectivity index (χ4n) is 5.25. The third-order valence-electron chi connectivity index (χ3n) is 7.59. The molecule has 0 fully saturated rings. The number of halogens is 6. The molecule has 11 heteroatoms. The summed E-state index contributed by atoms with van der Waals surface area (Å²) in [6, 6.07) is 21.3. The lowest BCUT2D eigenvalue weighted by Gasteiger charge is -2.43. The molecular weight excluding hydrogens is 647 g/mol. The standard InChI is InChI=1S/C35H36F6O3S2/c1-22(2)25-19-29(23(3)4)33(30(20-25)24(5)6)45(27-13-9-7-10-14-27,28-15-11-8-12-16-28)44-46(42,43)32-18-17-26(34(36,37)38)21-31(32)35(39,40)41/h7-24H,1-6H3.